The van der Waals surface area contributed by atoms with Gasteiger partial charge in [-0.15, -0.1) is 0 Å². The van der Waals surface area contributed by atoms with Crippen molar-refractivity contribution in [3.05, 3.63) is 53.7 Å². The summed E-state index contributed by atoms with van der Waals surface area (Å²) < 4.78 is 25.5. The summed E-state index contributed by atoms with van der Waals surface area (Å²) in [5, 5.41) is 22.8. The topological polar surface area (TPSA) is 92.7 Å². The van der Waals surface area contributed by atoms with Crippen molar-refractivity contribution < 1.29 is 13.6 Å². The predicted octanol–water partition coefficient (Wildman–Crippen LogP) is 2.64. The van der Waals surface area contributed by atoms with Gasteiger partial charge >= 0.3 is 0 Å². The molecule has 21 heavy (non-hydrogen) atoms. The lowest BCUT2D eigenvalue weighted by Crippen LogP contribution is -2.14. The summed E-state index contributed by atoms with van der Waals surface area (Å²) in [6, 6.07) is 11.9. The van der Waals surface area contributed by atoms with Crippen LogP contribution in [-0.2, 0) is 9.84 Å². The van der Waals surface area contributed by atoms with E-state index in [-0.39, 0.29) is 15.5 Å². The lowest BCUT2D eigenvalue weighted by Gasteiger charge is -2.24. The zero-order valence-electron chi connectivity index (χ0n) is 11.4. The van der Waals surface area contributed by atoms with E-state index in [4.69, 9.17) is 5.21 Å². The van der Waals surface area contributed by atoms with Crippen molar-refractivity contribution in [2.45, 2.75) is 16.7 Å². The summed E-state index contributed by atoms with van der Waals surface area (Å²) in [6.45, 7) is 2.41. The first-order chi connectivity index (χ1) is 9.98. The lowest BCUT2D eigenvalue weighted by atomic mass is 10.3. The Labute approximate surface area is 123 Å². The summed E-state index contributed by atoms with van der Waals surface area (Å²) in [5.41, 5.74) is 0.133. The van der Waals surface area contributed by atoms with E-state index in [1.54, 1.807) is 18.2 Å². The van der Waals surface area contributed by atoms with Gasteiger partial charge in [0.2, 0.25) is 9.84 Å². The summed E-state index contributed by atoms with van der Waals surface area (Å²) in [6.07, 6.45) is 0. The number of benzene rings is 2. The highest BCUT2D eigenvalue weighted by atomic mass is 32.2. The zero-order chi connectivity index (χ0) is 15.5. The van der Waals surface area contributed by atoms with Crippen molar-refractivity contribution in [2.24, 2.45) is 0 Å². The van der Waals surface area contributed by atoms with Gasteiger partial charge in [-0.2, -0.15) is 0 Å². The smallest absolute Gasteiger partial charge is 0.210 e. The Morgan fingerprint density at radius 2 is 1.67 bits per heavy atom. The van der Waals surface area contributed by atoms with Crippen LogP contribution in [0.25, 0.3) is 0 Å². The standard InChI is InChI=1S/C14H15N2O4S/c1-2-15-11-7-3-5-9-13(11)21(19,20)14-10-6-4-8-12(14)16(17)18/h3-10,15,17H,2H2,1H3/q-1. The average molecular weight is 307 g/mol. The summed E-state index contributed by atoms with van der Waals surface area (Å²) in [7, 11) is -3.93. The molecular weight excluding hydrogens is 292 g/mol. The molecule has 0 amide bonds. The maximum absolute atomic E-state index is 12.7. The fraction of sp³-hybridized carbons (Fsp3) is 0.143. The third-order valence-corrected chi connectivity index (χ3v) is 4.76. The molecule has 0 aliphatic rings. The second kappa shape index (κ2) is 6.13. The number of rotatable bonds is 5. The number of nitrogens with zero attached hydrogens (tertiary/aromatic N) is 1. The lowest BCUT2D eigenvalue weighted by molar-refractivity contribution is 0.294. The first-order valence-electron chi connectivity index (χ1n) is 6.31. The number of para-hydroxylation sites is 2. The van der Waals surface area contributed by atoms with Gasteiger partial charge in [0.25, 0.3) is 0 Å². The molecule has 0 spiro atoms. The highest BCUT2D eigenvalue weighted by Gasteiger charge is 2.24. The molecule has 0 fully saturated rings. The van der Waals surface area contributed by atoms with Crippen LogP contribution in [0.15, 0.2) is 58.3 Å². The Morgan fingerprint density at radius 3 is 2.29 bits per heavy atom. The first-order valence-corrected chi connectivity index (χ1v) is 7.80. The summed E-state index contributed by atoms with van der Waals surface area (Å²) >= 11 is 0. The van der Waals surface area contributed by atoms with Gasteiger partial charge < -0.3 is 15.8 Å². The summed E-state index contributed by atoms with van der Waals surface area (Å²) in [5.74, 6) is 0. The van der Waals surface area contributed by atoms with Crippen molar-refractivity contribution >= 4 is 21.2 Å². The molecule has 0 saturated heterocycles. The summed E-state index contributed by atoms with van der Waals surface area (Å²) in [4.78, 5) is -0.186. The molecule has 112 valence electrons. The Kier molecular flexibility index (Phi) is 4.46. The fourth-order valence-corrected chi connectivity index (χ4v) is 3.60. The van der Waals surface area contributed by atoms with E-state index in [9.17, 15) is 13.6 Å². The van der Waals surface area contributed by atoms with Crippen LogP contribution in [0.2, 0.25) is 0 Å². The molecule has 2 N–H and O–H groups in total. The van der Waals surface area contributed by atoms with Gasteiger partial charge in [0.15, 0.2) is 0 Å². The third-order valence-electron chi connectivity index (χ3n) is 2.90. The quantitative estimate of drug-likeness (QED) is 0.825. The van der Waals surface area contributed by atoms with E-state index in [0.29, 0.717) is 12.2 Å². The van der Waals surface area contributed by atoms with Crippen LogP contribution in [0.1, 0.15) is 6.92 Å². The minimum Gasteiger partial charge on any atom is -0.733 e. The number of sulfone groups is 1. The first kappa shape index (κ1) is 15.3. The normalized spacial score (nSPS) is 11.2. The van der Waals surface area contributed by atoms with Gasteiger partial charge in [-0.3, -0.25) is 5.21 Å². The van der Waals surface area contributed by atoms with Gasteiger partial charge in [0.05, 0.1) is 21.2 Å². The molecule has 2 aromatic rings. The largest absolute Gasteiger partial charge is 0.733 e. The van der Waals surface area contributed by atoms with E-state index < -0.39 is 15.1 Å². The molecule has 2 aromatic carbocycles. The predicted molar refractivity (Wildman–Crippen MR) is 80.1 cm³/mol. The highest BCUT2D eigenvalue weighted by molar-refractivity contribution is 7.91. The van der Waals surface area contributed by atoms with Gasteiger partial charge in [-0.05, 0) is 31.2 Å². The molecule has 7 heteroatoms. The van der Waals surface area contributed by atoms with Crippen LogP contribution < -0.4 is 10.5 Å². The van der Waals surface area contributed by atoms with Crippen LogP contribution in [0.3, 0.4) is 0 Å². The molecule has 0 aliphatic carbocycles. The Morgan fingerprint density at radius 1 is 1.10 bits per heavy atom. The van der Waals surface area contributed by atoms with Crippen molar-refractivity contribution in [2.75, 3.05) is 17.1 Å². The van der Waals surface area contributed by atoms with Crippen molar-refractivity contribution in [1.29, 1.82) is 0 Å². The van der Waals surface area contributed by atoms with Crippen molar-refractivity contribution in [3.63, 3.8) is 0 Å². The van der Waals surface area contributed by atoms with Gasteiger partial charge in [-0.25, -0.2) is 8.42 Å². The third kappa shape index (κ3) is 2.99. The SMILES string of the molecule is CCNc1ccccc1S(=O)(=O)c1ccccc1N([O-])O. The monoisotopic (exact) mass is 307 g/mol. The molecular formula is C14H15N2O4S-. The zero-order valence-corrected chi connectivity index (χ0v) is 12.2. The Balaban J connectivity index is 2.64. The molecule has 0 bridgehead atoms. The van der Waals surface area contributed by atoms with E-state index >= 15 is 0 Å². The molecule has 0 aromatic heterocycles. The Bertz CT molecular complexity index is 729. The van der Waals surface area contributed by atoms with Crippen LogP contribution in [0, 0.1) is 5.21 Å². The molecule has 0 unspecified atom stereocenters. The number of anilines is 2. The van der Waals surface area contributed by atoms with Crippen LogP contribution in [-0.4, -0.2) is 20.2 Å². The van der Waals surface area contributed by atoms with E-state index in [1.165, 1.54) is 30.3 Å². The van der Waals surface area contributed by atoms with Crippen LogP contribution >= 0.6 is 0 Å². The Hall–Kier alpha value is -2.09. The number of hydrogen-bond acceptors (Lipinski definition) is 6. The molecule has 2 rings (SSSR count). The molecule has 0 heterocycles. The average Bonchev–Trinajstić information content (AvgIpc) is 2.48. The maximum Gasteiger partial charge on any atom is 0.210 e. The maximum atomic E-state index is 12.7. The van der Waals surface area contributed by atoms with Crippen molar-refractivity contribution in [3.8, 4) is 0 Å². The molecule has 0 saturated carbocycles. The van der Waals surface area contributed by atoms with Crippen LogP contribution in [0.5, 0.6) is 0 Å². The van der Waals surface area contributed by atoms with Gasteiger partial charge in [0.1, 0.15) is 0 Å². The number of nitrogens with one attached hydrogen (secondary N) is 1. The van der Waals surface area contributed by atoms with Gasteiger partial charge in [-0.1, -0.05) is 24.3 Å². The van der Waals surface area contributed by atoms with Gasteiger partial charge in [0, 0.05) is 6.54 Å². The van der Waals surface area contributed by atoms with E-state index in [1.807, 2.05) is 6.92 Å². The molecule has 6 nitrogen and oxygen atoms in total. The van der Waals surface area contributed by atoms with E-state index in [0.717, 1.165) is 0 Å². The highest BCUT2D eigenvalue weighted by Crippen LogP contribution is 2.32. The second-order valence-corrected chi connectivity index (χ2v) is 6.16. The minimum atomic E-state index is -3.93. The second-order valence-electron chi connectivity index (χ2n) is 4.27. The molecule has 0 atom stereocenters. The molecule has 0 radical (unpaired) electrons. The van der Waals surface area contributed by atoms with Crippen LogP contribution in [0.4, 0.5) is 11.4 Å². The fourth-order valence-electron chi connectivity index (χ4n) is 2.00. The molecule has 0 aliphatic heterocycles. The van der Waals surface area contributed by atoms with E-state index in [2.05, 4.69) is 5.32 Å². The minimum absolute atomic E-state index is 0.0566. The van der Waals surface area contributed by atoms with Crippen molar-refractivity contribution in [1.82, 2.24) is 0 Å². The number of hydrogen-bond donors (Lipinski definition) is 2.